The van der Waals surface area contributed by atoms with Crippen molar-refractivity contribution in [2.45, 2.75) is 170 Å². The summed E-state index contributed by atoms with van der Waals surface area (Å²) in [7, 11) is -2.05. The van der Waals surface area contributed by atoms with E-state index in [0.717, 1.165) is 17.1 Å². The molecule has 0 aliphatic heterocycles. The van der Waals surface area contributed by atoms with Crippen LogP contribution in [0.1, 0.15) is 130 Å². The Morgan fingerprint density at radius 3 is 2.08 bits per heavy atom. The third-order valence-electron chi connectivity index (χ3n) is 9.71. The molecule has 1 rings (SSSR count). The SMILES string of the molecule is CCC[CH2][Sn](/[CH]=C\C(=O)O[C@@H](CO[Si](C)(C)C(C)(C)C)Cc1nc([C@@H](C)C/C=C/C(=O)O[C@@H](C)C/C(C)=C/I)cs1)([CH2]CCC)[CH2]CCC. The zero-order valence-corrected chi connectivity index (χ0v) is 39.5. The molecule has 1 aromatic heterocycles. The molecule has 0 aliphatic carbocycles. The number of halogens is 1. The molecule has 0 bridgehead atoms. The van der Waals surface area contributed by atoms with Crippen LogP contribution in [0.2, 0.25) is 31.4 Å². The van der Waals surface area contributed by atoms with Gasteiger partial charge < -0.3 is 4.74 Å². The van der Waals surface area contributed by atoms with E-state index in [0.29, 0.717) is 19.4 Å². The van der Waals surface area contributed by atoms with Crippen LogP contribution in [0, 0.1) is 0 Å². The molecule has 0 amide bonds. The van der Waals surface area contributed by atoms with Gasteiger partial charge in [0.1, 0.15) is 6.10 Å². The van der Waals surface area contributed by atoms with Crippen LogP contribution in [0.3, 0.4) is 0 Å². The average Bonchev–Trinajstić information content (AvgIpc) is 3.50. The van der Waals surface area contributed by atoms with E-state index < -0.39 is 32.8 Å². The Morgan fingerprint density at radius 1 is 0.980 bits per heavy atom. The molecule has 0 saturated carbocycles. The standard InChI is InChI=1S/C27H41INO5SSi.3C4H9.Sn/c1-10-25(30)34-22(17-32-36(8,9)27(5,6)7)15-24-29-23(18-35-24)20(3)12-11-13-26(31)33-21(4)14-19(2)16-28;3*1-3-4-2;/h1,10-11,13,16,18,20-22H,12,14-15,17H2,2-9H3;3*1,3-4H2,2H3;/b10-1?,13-11+,19-16+;;;;/t20-,21-,22+;;;;/m0..../s1. The Balaban J connectivity index is 3.07. The number of aromatic nitrogens is 1. The molecule has 0 aliphatic rings. The first-order valence-electron chi connectivity index (χ1n) is 18.6. The van der Waals surface area contributed by atoms with Gasteiger partial charge in [0.25, 0.3) is 0 Å². The van der Waals surface area contributed by atoms with E-state index in [-0.39, 0.29) is 29.0 Å². The number of hydrogen-bond donors (Lipinski definition) is 0. The summed E-state index contributed by atoms with van der Waals surface area (Å²) in [6.07, 6.45) is 13.9. The fraction of sp³-hybridized carbons (Fsp3) is 0.718. The van der Waals surface area contributed by atoms with E-state index in [4.69, 9.17) is 18.9 Å². The van der Waals surface area contributed by atoms with Crippen molar-refractivity contribution in [2.24, 2.45) is 0 Å². The van der Waals surface area contributed by atoms with Gasteiger partial charge in [-0.3, -0.25) is 0 Å². The van der Waals surface area contributed by atoms with Crippen molar-refractivity contribution >= 4 is 72.6 Å². The molecule has 49 heavy (non-hydrogen) atoms. The number of unbranched alkanes of at least 4 members (excludes halogenated alkanes) is 3. The molecule has 0 N–H and O–H groups in total. The number of carbonyl (C=O) groups excluding carboxylic acids is 2. The second-order valence-corrected chi connectivity index (χ2v) is 34.8. The first-order valence-corrected chi connectivity index (χ1v) is 31.4. The van der Waals surface area contributed by atoms with Gasteiger partial charge in [-0.05, 0) is 17.9 Å². The Bertz CT molecular complexity index is 1190. The van der Waals surface area contributed by atoms with Crippen LogP contribution in [-0.4, -0.2) is 62.4 Å². The quantitative estimate of drug-likeness (QED) is 0.0445. The third-order valence-corrected chi connectivity index (χ3v) is 30.2. The number of esters is 2. The van der Waals surface area contributed by atoms with E-state index in [1.165, 1.54) is 63.5 Å². The van der Waals surface area contributed by atoms with Crippen molar-refractivity contribution in [3.05, 3.63) is 48.1 Å². The molecular weight excluding hydrogens is 868 g/mol. The van der Waals surface area contributed by atoms with Crippen molar-refractivity contribution in [3.63, 3.8) is 0 Å². The van der Waals surface area contributed by atoms with Gasteiger partial charge in [-0.25, -0.2) is 4.79 Å². The monoisotopic (exact) mass is 937 g/mol. The summed E-state index contributed by atoms with van der Waals surface area (Å²) in [6.45, 7) is 24.4. The Morgan fingerprint density at radius 2 is 1.55 bits per heavy atom. The fourth-order valence-electron chi connectivity index (χ4n) is 5.42. The van der Waals surface area contributed by atoms with Crippen molar-refractivity contribution in [1.29, 1.82) is 0 Å². The van der Waals surface area contributed by atoms with Gasteiger partial charge >= 0.3 is 251 Å². The predicted molar refractivity (Wildman–Crippen MR) is 223 cm³/mol. The fourth-order valence-corrected chi connectivity index (χ4v) is 21.7. The Labute approximate surface area is 322 Å². The van der Waals surface area contributed by atoms with Crippen LogP contribution >= 0.6 is 33.9 Å². The first kappa shape index (κ1) is 46.5. The zero-order valence-electron chi connectivity index (χ0n) is 32.7. The third kappa shape index (κ3) is 18.7. The van der Waals surface area contributed by atoms with Gasteiger partial charge in [0.05, 0.1) is 0 Å². The van der Waals surface area contributed by atoms with Crippen LogP contribution in [-0.2, 0) is 29.9 Å². The Hall–Kier alpha value is -0.504. The summed E-state index contributed by atoms with van der Waals surface area (Å²) in [5.74, 6) is -0.424. The van der Waals surface area contributed by atoms with Gasteiger partial charge in [-0.15, -0.1) is 0 Å². The van der Waals surface area contributed by atoms with Crippen molar-refractivity contribution in [1.82, 2.24) is 4.98 Å². The molecule has 0 radical (unpaired) electrons. The number of carbonyl (C=O) groups is 2. The molecule has 1 heterocycles. The molecule has 0 saturated heterocycles. The number of ether oxygens (including phenoxy) is 2. The predicted octanol–water partition coefficient (Wildman–Crippen LogP) is 12.3. The summed E-state index contributed by atoms with van der Waals surface area (Å²) in [5.41, 5.74) is 2.17. The van der Waals surface area contributed by atoms with Crippen LogP contribution in [0.25, 0.3) is 0 Å². The van der Waals surface area contributed by atoms with Crippen molar-refractivity contribution < 1.29 is 23.5 Å². The van der Waals surface area contributed by atoms with Gasteiger partial charge in [0, 0.05) is 12.5 Å². The van der Waals surface area contributed by atoms with Crippen molar-refractivity contribution in [3.8, 4) is 0 Å². The van der Waals surface area contributed by atoms with Crippen LogP contribution < -0.4 is 0 Å². The molecule has 1 aromatic rings. The number of nitrogens with zero attached hydrogens (tertiary/aromatic N) is 1. The second kappa shape index (κ2) is 23.9. The topological polar surface area (TPSA) is 74.7 Å². The summed E-state index contributed by atoms with van der Waals surface area (Å²) >= 11 is 1.18. The van der Waals surface area contributed by atoms with Gasteiger partial charge in [-0.1, -0.05) is 28.2 Å². The van der Waals surface area contributed by atoms with E-state index in [9.17, 15) is 9.59 Å². The maximum atomic E-state index is 13.5. The van der Waals surface area contributed by atoms with Crippen molar-refractivity contribution in [2.75, 3.05) is 6.61 Å². The summed E-state index contributed by atoms with van der Waals surface area (Å²) in [4.78, 5) is 30.7. The molecule has 6 nitrogen and oxygen atoms in total. The average molecular weight is 937 g/mol. The number of rotatable bonds is 24. The molecular formula is C39H68INO5SSiSn. The molecule has 280 valence electrons. The maximum absolute atomic E-state index is 13.5. The van der Waals surface area contributed by atoms with E-state index in [1.54, 1.807) is 17.4 Å². The van der Waals surface area contributed by atoms with Gasteiger partial charge in [0.15, 0.2) is 0 Å². The molecule has 0 unspecified atom stereocenters. The minimum absolute atomic E-state index is 0.0559. The molecule has 0 fully saturated rings. The number of thiazole rings is 1. The molecule has 0 spiro atoms. The van der Waals surface area contributed by atoms with E-state index in [2.05, 4.69) is 93.6 Å². The molecule has 0 aromatic carbocycles. The second-order valence-electron chi connectivity index (χ2n) is 15.5. The minimum atomic E-state index is -2.62. The Kier molecular flexibility index (Phi) is 22.7. The van der Waals surface area contributed by atoms with Crippen LogP contribution in [0.15, 0.2) is 37.4 Å². The summed E-state index contributed by atoms with van der Waals surface area (Å²) < 4.78 is 26.7. The molecule has 10 heteroatoms. The van der Waals surface area contributed by atoms with Gasteiger partial charge in [-0.2, -0.15) is 0 Å². The van der Waals surface area contributed by atoms with Gasteiger partial charge in [0.2, 0.25) is 0 Å². The summed E-state index contributed by atoms with van der Waals surface area (Å²) in [5, 5.41) is 3.07. The van der Waals surface area contributed by atoms with E-state index >= 15 is 0 Å². The van der Waals surface area contributed by atoms with Crippen LogP contribution in [0.5, 0.6) is 0 Å². The number of allylic oxidation sites excluding steroid dienone is 1. The summed E-state index contributed by atoms with van der Waals surface area (Å²) in [6, 6.07) is 0. The molecule has 3 atom stereocenters. The normalized spacial score (nSPS) is 15.1. The zero-order chi connectivity index (χ0) is 37.1. The number of hydrogen-bond acceptors (Lipinski definition) is 7. The van der Waals surface area contributed by atoms with E-state index in [1.807, 2.05) is 24.0 Å². The first-order chi connectivity index (χ1) is 23.0. The van der Waals surface area contributed by atoms with Crippen LogP contribution in [0.4, 0.5) is 0 Å².